The number of hydrogen-bond donors (Lipinski definition) is 4. The van der Waals surface area contributed by atoms with Gasteiger partial charge in [-0.2, -0.15) is 0 Å². The molecule has 4 aliphatic rings. The Hall–Kier alpha value is -4.06. The Balaban J connectivity index is 1.08. The maximum atomic E-state index is 13.3. The van der Waals surface area contributed by atoms with Gasteiger partial charge in [0.05, 0.1) is 11.4 Å². The predicted octanol–water partition coefficient (Wildman–Crippen LogP) is 7.03. The van der Waals surface area contributed by atoms with E-state index in [1.807, 2.05) is 60.7 Å². The van der Waals surface area contributed by atoms with Crippen LogP contribution in [0, 0.1) is 11.8 Å². The highest BCUT2D eigenvalue weighted by atomic mass is 16.2. The lowest BCUT2D eigenvalue weighted by atomic mass is 9.50. The third kappa shape index (κ3) is 4.14. The van der Waals surface area contributed by atoms with Gasteiger partial charge in [-0.1, -0.05) is 72.8 Å². The summed E-state index contributed by atoms with van der Waals surface area (Å²) in [5.74, 6) is 1.01. The zero-order valence-corrected chi connectivity index (χ0v) is 21.3. The van der Waals surface area contributed by atoms with Crippen LogP contribution in [0.1, 0.15) is 38.5 Å². The highest BCUT2D eigenvalue weighted by Gasteiger charge is 2.58. The minimum atomic E-state index is -0.300. The lowest BCUT2D eigenvalue weighted by Crippen LogP contribution is -2.70. The third-order valence-electron chi connectivity index (χ3n) is 8.89. The molecule has 0 unspecified atom stereocenters. The zero-order valence-electron chi connectivity index (χ0n) is 21.3. The smallest absolute Gasteiger partial charge is 0.319 e. The average Bonchev–Trinajstić information content (AvgIpc) is 2.87. The molecule has 0 saturated heterocycles. The third-order valence-corrected chi connectivity index (χ3v) is 8.89. The Bertz CT molecular complexity index is 1430. The van der Waals surface area contributed by atoms with Crippen molar-refractivity contribution in [2.45, 2.75) is 49.6 Å². The van der Waals surface area contributed by atoms with Crippen LogP contribution in [-0.2, 0) is 0 Å². The SMILES string of the molecule is O=C(Nc1cccc2ccccc12)NC12CC3CC(C1)CC(NC(=O)Nc1cccc4ccccc14)(C3)C2. The number of rotatable bonds is 4. The minimum absolute atomic E-state index is 0.168. The molecule has 4 amide bonds. The molecule has 4 saturated carbocycles. The summed E-state index contributed by atoms with van der Waals surface area (Å²) in [6, 6.07) is 27.8. The molecule has 6 nitrogen and oxygen atoms in total. The van der Waals surface area contributed by atoms with Crippen LogP contribution in [0.3, 0.4) is 0 Å². The minimum Gasteiger partial charge on any atom is -0.332 e. The molecular formula is C32H32N4O2. The summed E-state index contributed by atoms with van der Waals surface area (Å²) in [6.07, 6.45) is 5.84. The molecule has 4 aromatic rings. The van der Waals surface area contributed by atoms with E-state index in [0.29, 0.717) is 11.8 Å². The van der Waals surface area contributed by atoms with Crippen LogP contribution in [-0.4, -0.2) is 23.1 Å². The molecule has 0 spiro atoms. The molecule has 6 heteroatoms. The van der Waals surface area contributed by atoms with Crippen molar-refractivity contribution in [1.82, 2.24) is 10.6 Å². The fourth-order valence-electron chi connectivity index (χ4n) is 8.01. The van der Waals surface area contributed by atoms with Gasteiger partial charge in [-0.3, -0.25) is 0 Å². The van der Waals surface area contributed by atoms with E-state index >= 15 is 0 Å². The number of fused-ring (bicyclic) bond motifs is 2. The Kier molecular flexibility index (Phi) is 5.32. The number of hydrogen-bond acceptors (Lipinski definition) is 2. The summed E-state index contributed by atoms with van der Waals surface area (Å²) in [5, 5.41) is 17.3. The van der Waals surface area contributed by atoms with Gasteiger partial charge in [0.25, 0.3) is 0 Å². The van der Waals surface area contributed by atoms with Crippen LogP contribution in [0.5, 0.6) is 0 Å². The second-order valence-corrected chi connectivity index (χ2v) is 11.7. The maximum Gasteiger partial charge on any atom is 0.319 e. The second-order valence-electron chi connectivity index (χ2n) is 11.7. The van der Waals surface area contributed by atoms with Crippen LogP contribution >= 0.6 is 0 Å². The monoisotopic (exact) mass is 504 g/mol. The van der Waals surface area contributed by atoms with E-state index in [-0.39, 0.29) is 23.1 Å². The van der Waals surface area contributed by atoms with Gasteiger partial charge in [0.2, 0.25) is 0 Å². The summed E-state index contributed by atoms with van der Waals surface area (Å²) < 4.78 is 0. The molecule has 4 fully saturated rings. The van der Waals surface area contributed by atoms with Crippen molar-refractivity contribution >= 4 is 45.0 Å². The predicted molar refractivity (Wildman–Crippen MR) is 152 cm³/mol. The van der Waals surface area contributed by atoms with E-state index in [0.717, 1.165) is 65.0 Å². The Labute approximate surface area is 222 Å². The number of urea groups is 2. The van der Waals surface area contributed by atoms with Crippen molar-refractivity contribution in [2.75, 3.05) is 10.6 Å². The molecule has 0 atom stereocenters. The number of carbonyl (C=O) groups is 2. The number of carbonyl (C=O) groups excluding carboxylic acids is 2. The highest BCUT2D eigenvalue weighted by molar-refractivity contribution is 6.02. The molecule has 8 rings (SSSR count). The van der Waals surface area contributed by atoms with Gasteiger partial charge in [-0.05, 0) is 73.3 Å². The Morgan fingerprint density at radius 1 is 0.579 bits per heavy atom. The average molecular weight is 505 g/mol. The highest BCUT2D eigenvalue weighted by Crippen LogP contribution is 2.57. The van der Waals surface area contributed by atoms with Crippen molar-refractivity contribution in [3.05, 3.63) is 84.9 Å². The first kappa shape index (κ1) is 23.1. The van der Waals surface area contributed by atoms with Gasteiger partial charge in [-0.15, -0.1) is 0 Å². The fourth-order valence-corrected chi connectivity index (χ4v) is 8.01. The lowest BCUT2D eigenvalue weighted by Gasteiger charge is -2.62. The lowest BCUT2D eigenvalue weighted by molar-refractivity contribution is -0.0400. The largest absolute Gasteiger partial charge is 0.332 e. The summed E-state index contributed by atoms with van der Waals surface area (Å²) in [6.45, 7) is 0. The topological polar surface area (TPSA) is 82.3 Å². The van der Waals surface area contributed by atoms with Crippen molar-refractivity contribution in [3.63, 3.8) is 0 Å². The van der Waals surface area contributed by atoms with Crippen LogP contribution in [0.15, 0.2) is 84.9 Å². The van der Waals surface area contributed by atoms with Gasteiger partial charge in [-0.25, -0.2) is 9.59 Å². The molecule has 0 heterocycles. The summed E-state index contributed by atoms with van der Waals surface area (Å²) in [7, 11) is 0. The van der Waals surface area contributed by atoms with E-state index in [9.17, 15) is 9.59 Å². The molecular weight excluding hydrogens is 472 g/mol. The van der Waals surface area contributed by atoms with E-state index in [1.165, 1.54) is 6.42 Å². The molecule has 4 aliphatic carbocycles. The van der Waals surface area contributed by atoms with Crippen molar-refractivity contribution in [2.24, 2.45) is 11.8 Å². The quantitative estimate of drug-likeness (QED) is 0.241. The number of benzene rings is 4. The standard InChI is InChI=1S/C32H32N4O2/c37-29(33-27-13-5-9-23-7-1-3-11-25(23)27)35-31-16-21-15-22(17-31)19-32(18-21,20-31)36-30(38)34-28-14-6-10-24-8-2-4-12-26(24)28/h1-14,21-22H,15-20H2,(H2,33,35,37)(H2,34,36,38). The molecule has 4 aromatic carbocycles. The van der Waals surface area contributed by atoms with Crippen molar-refractivity contribution < 1.29 is 9.59 Å². The molecule has 0 radical (unpaired) electrons. The molecule has 4 bridgehead atoms. The van der Waals surface area contributed by atoms with E-state index in [4.69, 9.17) is 0 Å². The Morgan fingerprint density at radius 2 is 1.00 bits per heavy atom. The van der Waals surface area contributed by atoms with Gasteiger partial charge in [0.1, 0.15) is 0 Å². The molecule has 192 valence electrons. The maximum absolute atomic E-state index is 13.3. The summed E-state index contributed by atoms with van der Waals surface area (Å²) >= 11 is 0. The Morgan fingerprint density at radius 3 is 1.47 bits per heavy atom. The van der Waals surface area contributed by atoms with Crippen LogP contribution in [0.4, 0.5) is 21.0 Å². The first-order valence-corrected chi connectivity index (χ1v) is 13.6. The number of amides is 4. The van der Waals surface area contributed by atoms with Crippen molar-refractivity contribution in [1.29, 1.82) is 0 Å². The van der Waals surface area contributed by atoms with E-state index in [2.05, 4.69) is 45.5 Å². The first-order valence-electron chi connectivity index (χ1n) is 13.6. The first-order chi connectivity index (χ1) is 18.5. The van der Waals surface area contributed by atoms with Gasteiger partial charge < -0.3 is 21.3 Å². The van der Waals surface area contributed by atoms with Gasteiger partial charge in [0.15, 0.2) is 0 Å². The number of anilines is 2. The van der Waals surface area contributed by atoms with Crippen LogP contribution in [0.2, 0.25) is 0 Å². The summed E-state index contributed by atoms with van der Waals surface area (Å²) in [5.41, 5.74) is 1.02. The molecule has 0 aliphatic heterocycles. The van der Waals surface area contributed by atoms with Crippen LogP contribution < -0.4 is 21.3 Å². The molecule has 4 N–H and O–H groups in total. The van der Waals surface area contributed by atoms with E-state index in [1.54, 1.807) is 0 Å². The zero-order chi connectivity index (χ0) is 25.7. The van der Waals surface area contributed by atoms with Gasteiger partial charge in [0, 0.05) is 21.9 Å². The second kappa shape index (κ2) is 8.76. The normalized spacial score (nSPS) is 27.3. The fraction of sp³-hybridized carbons (Fsp3) is 0.312. The molecule has 38 heavy (non-hydrogen) atoms. The van der Waals surface area contributed by atoms with Crippen LogP contribution in [0.25, 0.3) is 21.5 Å². The van der Waals surface area contributed by atoms with Crippen molar-refractivity contribution in [3.8, 4) is 0 Å². The molecule has 0 aromatic heterocycles. The number of nitrogens with one attached hydrogen (secondary N) is 4. The van der Waals surface area contributed by atoms with E-state index < -0.39 is 0 Å². The van der Waals surface area contributed by atoms with Gasteiger partial charge >= 0.3 is 12.1 Å². The summed E-state index contributed by atoms with van der Waals surface area (Å²) in [4.78, 5) is 26.6.